The number of aromatic nitrogens is 1. The molecular formula is C16H22N2O2. The van der Waals surface area contributed by atoms with E-state index in [-0.39, 0.29) is 5.97 Å². The molecule has 0 N–H and O–H groups in total. The monoisotopic (exact) mass is 274 g/mol. The maximum atomic E-state index is 11.7. The summed E-state index contributed by atoms with van der Waals surface area (Å²) in [4.78, 5) is 18.6. The molecule has 0 aromatic carbocycles. The SMILES string of the molecule is COC(=O)c1ccnc(N2CCC[C@H]3CCCC[C@H]32)c1. The van der Waals surface area contributed by atoms with Crippen molar-refractivity contribution < 1.29 is 9.53 Å². The number of methoxy groups -OCH3 is 1. The third-order valence-electron chi connectivity index (χ3n) is 4.70. The van der Waals surface area contributed by atoms with Crippen LogP contribution in [-0.4, -0.2) is 30.6 Å². The fourth-order valence-corrected chi connectivity index (χ4v) is 3.73. The number of hydrogen-bond acceptors (Lipinski definition) is 4. The number of esters is 1. The number of ether oxygens (including phenoxy) is 1. The lowest BCUT2D eigenvalue weighted by molar-refractivity contribution is 0.0600. The summed E-state index contributed by atoms with van der Waals surface area (Å²) in [5, 5.41) is 0. The first-order chi connectivity index (χ1) is 9.79. The molecule has 4 heteroatoms. The largest absolute Gasteiger partial charge is 0.465 e. The standard InChI is InChI=1S/C16H22N2O2/c1-20-16(19)13-8-9-17-15(11-13)18-10-4-6-12-5-2-3-7-14(12)18/h8-9,11-12,14H,2-7,10H2,1H3/t12-,14-/m1/s1. The van der Waals surface area contributed by atoms with Crippen LogP contribution in [0.5, 0.6) is 0 Å². The molecule has 20 heavy (non-hydrogen) atoms. The van der Waals surface area contributed by atoms with Gasteiger partial charge in [-0.2, -0.15) is 0 Å². The van der Waals surface area contributed by atoms with Crippen LogP contribution in [0.2, 0.25) is 0 Å². The van der Waals surface area contributed by atoms with Crippen molar-refractivity contribution in [3.8, 4) is 0 Å². The Bertz CT molecular complexity index is 487. The highest BCUT2D eigenvalue weighted by Gasteiger charge is 2.33. The Morgan fingerprint density at radius 2 is 2.10 bits per heavy atom. The van der Waals surface area contributed by atoms with E-state index < -0.39 is 0 Å². The number of nitrogens with zero attached hydrogens (tertiary/aromatic N) is 2. The molecule has 1 aliphatic carbocycles. The Morgan fingerprint density at radius 1 is 1.30 bits per heavy atom. The van der Waals surface area contributed by atoms with E-state index in [9.17, 15) is 4.79 Å². The van der Waals surface area contributed by atoms with Crippen molar-refractivity contribution >= 4 is 11.8 Å². The fraction of sp³-hybridized carbons (Fsp3) is 0.625. The molecule has 0 unspecified atom stereocenters. The first kappa shape index (κ1) is 13.4. The second kappa shape index (κ2) is 5.81. The Morgan fingerprint density at radius 3 is 2.95 bits per heavy atom. The second-order valence-electron chi connectivity index (χ2n) is 5.84. The van der Waals surface area contributed by atoms with Crippen molar-refractivity contribution in [2.24, 2.45) is 5.92 Å². The topological polar surface area (TPSA) is 42.4 Å². The molecule has 3 rings (SSSR count). The Balaban J connectivity index is 1.85. The van der Waals surface area contributed by atoms with Crippen LogP contribution in [0, 0.1) is 5.92 Å². The van der Waals surface area contributed by atoms with Gasteiger partial charge in [-0.15, -0.1) is 0 Å². The average Bonchev–Trinajstić information content (AvgIpc) is 2.53. The molecule has 2 aliphatic rings. The summed E-state index contributed by atoms with van der Waals surface area (Å²) in [6.45, 7) is 1.05. The zero-order valence-electron chi connectivity index (χ0n) is 12.0. The van der Waals surface area contributed by atoms with Crippen LogP contribution < -0.4 is 4.90 Å². The molecule has 1 aromatic rings. The molecule has 1 aliphatic heterocycles. The third kappa shape index (κ3) is 2.51. The van der Waals surface area contributed by atoms with E-state index in [1.807, 2.05) is 6.07 Å². The number of carbonyl (C=O) groups is 1. The number of pyridine rings is 1. The fourth-order valence-electron chi connectivity index (χ4n) is 3.73. The molecule has 2 fully saturated rings. The number of rotatable bonds is 2. The van der Waals surface area contributed by atoms with Crippen LogP contribution in [-0.2, 0) is 4.74 Å². The molecular weight excluding hydrogens is 252 g/mol. The minimum atomic E-state index is -0.286. The maximum Gasteiger partial charge on any atom is 0.338 e. The van der Waals surface area contributed by atoms with Gasteiger partial charge >= 0.3 is 5.97 Å². The quantitative estimate of drug-likeness (QED) is 0.777. The highest BCUT2D eigenvalue weighted by Crippen LogP contribution is 2.37. The van der Waals surface area contributed by atoms with Crippen LogP contribution in [0.1, 0.15) is 48.9 Å². The van der Waals surface area contributed by atoms with Gasteiger partial charge in [0.15, 0.2) is 0 Å². The normalized spacial score (nSPS) is 25.9. The van der Waals surface area contributed by atoms with Gasteiger partial charge in [0.2, 0.25) is 0 Å². The smallest absolute Gasteiger partial charge is 0.338 e. The van der Waals surface area contributed by atoms with Crippen molar-refractivity contribution in [1.29, 1.82) is 0 Å². The van der Waals surface area contributed by atoms with Gasteiger partial charge in [-0.25, -0.2) is 9.78 Å². The van der Waals surface area contributed by atoms with Gasteiger partial charge in [-0.3, -0.25) is 0 Å². The lowest BCUT2D eigenvalue weighted by Gasteiger charge is -2.44. The van der Waals surface area contributed by atoms with E-state index in [0.29, 0.717) is 11.6 Å². The van der Waals surface area contributed by atoms with Gasteiger partial charge in [0.05, 0.1) is 12.7 Å². The summed E-state index contributed by atoms with van der Waals surface area (Å²) in [5.74, 6) is 1.46. The van der Waals surface area contributed by atoms with Crippen molar-refractivity contribution in [2.75, 3.05) is 18.6 Å². The molecule has 0 radical (unpaired) electrons. The summed E-state index contributed by atoms with van der Waals surface area (Å²) in [6, 6.07) is 4.21. The Kier molecular flexibility index (Phi) is 3.90. The average molecular weight is 274 g/mol. The van der Waals surface area contributed by atoms with Gasteiger partial charge < -0.3 is 9.64 Å². The van der Waals surface area contributed by atoms with Gasteiger partial charge in [0.25, 0.3) is 0 Å². The van der Waals surface area contributed by atoms with Crippen LogP contribution in [0.3, 0.4) is 0 Å². The number of piperidine rings is 1. The predicted octanol–water partition coefficient (Wildman–Crippen LogP) is 3.03. The number of hydrogen-bond donors (Lipinski definition) is 0. The molecule has 4 nitrogen and oxygen atoms in total. The molecule has 108 valence electrons. The highest BCUT2D eigenvalue weighted by atomic mass is 16.5. The van der Waals surface area contributed by atoms with E-state index >= 15 is 0 Å². The van der Waals surface area contributed by atoms with E-state index in [1.54, 1.807) is 12.3 Å². The number of anilines is 1. The number of carbonyl (C=O) groups excluding carboxylic acids is 1. The molecule has 0 amide bonds. The van der Waals surface area contributed by atoms with Gasteiger partial charge in [0, 0.05) is 18.8 Å². The lowest BCUT2D eigenvalue weighted by atomic mass is 9.78. The molecule has 1 saturated carbocycles. The summed E-state index contributed by atoms with van der Waals surface area (Å²) in [7, 11) is 1.42. The first-order valence-corrected chi connectivity index (χ1v) is 7.60. The Hall–Kier alpha value is -1.58. The highest BCUT2D eigenvalue weighted by molar-refractivity contribution is 5.90. The molecule has 2 atom stereocenters. The molecule has 1 aromatic heterocycles. The maximum absolute atomic E-state index is 11.7. The first-order valence-electron chi connectivity index (χ1n) is 7.60. The predicted molar refractivity (Wildman–Crippen MR) is 77.9 cm³/mol. The lowest BCUT2D eigenvalue weighted by Crippen LogP contribution is -2.47. The van der Waals surface area contributed by atoms with Gasteiger partial charge in [0.1, 0.15) is 5.82 Å². The second-order valence-corrected chi connectivity index (χ2v) is 5.84. The van der Waals surface area contributed by atoms with E-state index in [4.69, 9.17) is 4.74 Å². The van der Waals surface area contributed by atoms with Crippen LogP contribution in [0.4, 0.5) is 5.82 Å². The van der Waals surface area contributed by atoms with Crippen molar-refractivity contribution in [2.45, 2.75) is 44.6 Å². The van der Waals surface area contributed by atoms with Crippen LogP contribution >= 0.6 is 0 Å². The van der Waals surface area contributed by atoms with Crippen molar-refractivity contribution in [1.82, 2.24) is 4.98 Å². The summed E-state index contributed by atoms with van der Waals surface area (Å²) in [6.07, 6.45) is 9.57. The number of fused-ring (bicyclic) bond motifs is 1. The summed E-state index contributed by atoms with van der Waals surface area (Å²) >= 11 is 0. The zero-order chi connectivity index (χ0) is 13.9. The minimum Gasteiger partial charge on any atom is -0.465 e. The van der Waals surface area contributed by atoms with Crippen LogP contribution in [0.25, 0.3) is 0 Å². The van der Waals surface area contributed by atoms with E-state index in [1.165, 1.54) is 45.6 Å². The van der Waals surface area contributed by atoms with Crippen molar-refractivity contribution in [3.63, 3.8) is 0 Å². The molecule has 0 spiro atoms. The third-order valence-corrected chi connectivity index (χ3v) is 4.70. The molecule has 1 saturated heterocycles. The van der Waals surface area contributed by atoms with Gasteiger partial charge in [-0.1, -0.05) is 12.8 Å². The molecule has 0 bridgehead atoms. The zero-order valence-corrected chi connectivity index (χ0v) is 12.0. The van der Waals surface area contributed by atoms with Gasteiger partial charge in [-0.05, 0) is 43.7 Å². The Labute approximate surface area is 120 Å². The summed E-state index contributed by atoms with van der Waals surface area (Å²) < 4.78 is 4.80. The van der Waals surface area contributed by atoms with E-state index in [2.05, 4.69) is 9.88 Å². The summed E-state index contributed by atoms with van der Waals surface area (Å²) in [5.41, 5.74) is 0.593. The van der Waals surface area contributed by atoms with Crippen LogP contribution in [0.15, 0.2) is 18.3 Å². The minimum absolute atomic E-state index is 0.286. The van der Waals surface area contributed by atoms with Crippen molar-refractivity contribution in [3.05, 3.63) is 23.9 Å². The molecule has 2 heterocycles. The van der Waals surface area contributed by atoms with E-state index in [0.717, 1.165) is 18.3 Å².